The van der Waals surface area contributed by atoms with Crippen molar-refractivity contribution in [3.8, 4) is 5.75 Å². The summed E-state index contributed by atoms with van der Waals surface area (Å²) in [4.78, 5) is 0. The lowest BCUT2D eigenvalue weighted by molar-refractivity contribution is 0.414. The number of ether oxygens (including phenoxy) is 1. The summed E-state index contributed by atoms with van der Waals surface area (Å²) in [5, 5.41) is 3.66. The fourth-order valence-electron chi connectivity index (χ4n) is 3.37. The van der Waals surface area contributed by atoms with Gasteiger partial charge in [-0.1, -0.05) is 18.6 Å². The molecule has 0 radical (unpaired) electrons. The second-order valence-corrected chi connectivity index (χ2v) is 4.99. The molecule has 2 fully saturated rings. The van der Waals surface area contributed by atoms with Crippen molar-refractivity contribution < 1.29 is 4.74 Å². The SMILES string of the molecule is COc1ccc([C@@H]2CN[C@H]3CCC[C@@H]32)cc1. The van der Waals surface area contributed by atoms with Crippen LogP contribution in [-0.2, 0) is 0 Å². The molecule has 1 saturated carbocycles. The molecule has 86 valence electrons. The maximum atomic E-state index is 5.20. The van der Waals surface area contributed by atoms with Gasteiger partial charge in [0.1, 0.15) is 5.75 Å². The molecule has 3 rings (SSSR count). The zero-order valence-electron chi connectivity index (χ0n) is 9.78. The van der Waals surface area contributed by atoms with Gasteiger partial charge in [0.25, 0.3) is 0 Å². The van der Waals surface area contributed by atoms with Crippen LogP contribution in [0.3, 0.4) is 0 Å². The first-order chi connectivity index (χ1) is 7.88. The molecule has 3 atom stereocenters. The van der Waals surface area contributed by atoms with E-state index >= 15 is 0 Å². The van der Waals surface area contributed by atoms with Gasteiger partial charge in [0, 0.05) is 18.5 Å². The van der Waals surface area contributed by atoms with Crippen molar-refractivity contribution in [3.63, 3.8) is 0 Å². The first-order valence-electron chi connectivity index (χ1n) is 6.26. The van der Waals surface area contributed by atoms with Crippen molar-refractivity contribution in [3.05, 3.63) is 29.8 Å². The molecule has 16 heavy (non-hydrogen) atoms. The van der Waals surface area contributed by atoms with Crippen molar-refractivity contribution in [1.82, 2.24) is 5.32 Å². The Hall–Kier alpha value is -1.02. The number of nitrogens with one attached hydrogen (secondary N) is 1. The molecule has 2 heteroatoms. The molecule has 1 aliphatic carbocycles. The summed E-state index contributed by atoms with van der Waals surface area (Å²) >= 11 is 0. The largest absolute Gasteiger partial charge is 0.497 e. The van der Waals surface area contributed by atoms with Gasteiger partial charge in [-0.15, -0.1) is 0 Å². The van der Waals surface area contributed by atoms with E-state index in [1.807, 2.05) is 0 Å². The number of benzene rings is 1. The average molecular weight is 217 g/mol. The first-order valence-corrected chi connectivity index (χ1v) is 6.26. The maximum Gasteiger partial charge on any atom is 0.118 e. The van der Waals surface area contributed by atoms with Gasteiger partial charge in [-0.25, -0.2) is 0 Å². The molecule has 1 N–H and O–H groups in total. The Labute approximate surface area is 97.0 Å². The van der Waals surface area contributed by atoms with E-state index < -0.39 is 0 Å². The molecule has 2 nitrogen and oxygen atoms in total. The van der Waals surface area contributed by atoms with Crippen molar-refractivity contribution >= 4 is 0 Å². The van der Waals surface area contributed by atoms with Gasteiger partial charge in [0.2, 0.25) is 0 Å². The number of rotatable bonds is 2. The van der Waals surface area contributed by atoms with Gasteiger partial charge in [-0.3, -0.25) is 0 Å². The Morgan fingerprint density at radius 3 is 2.75 bits per heavy atom. The van der Waals surface area contributed by atoms with Crippen LogP contribution >= 0.6 is 0 Å². The second kappa shape index (κ2) is 4.10. The third kappa shape index (κ3) is 1.61. The van der Waals surface area contributed by atoms with Crippen LogP contribution in [0.15, 0.2) is 24.3 Å². The standard InChI is InChI=1S/C14H19NO/c1-16-11-7-5-10(6-8-11)13-9-15-14-4-2-3-12(13)14/h5-8,12-15H,2-4,9H2,1H3/t12-,13+,14+/m1/s1. The third-order valence-electron chi connectivity index (χ3n) is 4.23. The molecule has 0 unspecified atom stereocenters. The van der Waals surface area contributed by atoms with Crippen molar-refractivity contribution in [2.75, 3.05) is 13.7 Å². The topological polar surface area (TPSA) is 21.3 Å². The average Bonchev–Trinajstić information content (AvgIpc) is 2.91. The second-order valence-electron chi connectivity index (χ2n) is 4.99. The van der Waals surface area contributed by atoms with Crippen LogP contribution in [0.25, 0.3) is 0 Å². The summed E-state index contributed by atoms with van der Waals surface area (Å²) < 4.78 is 5.20. The number of methoxy groups -OCH3 is 1. The highest BCUT2D eigenvalue weighted by atomic mass is 16.5. The van der Waals surface area contributed by atoms with Crippen LogP contribution in [0.4, 0.5) is 0 Å². The quantitative estimate of drug-likeness (QED) is 0.822. The van der Waals surface area contributed by atoms with Gasteiger partial charge in [-0.05, 0) is 36.5 Å². The first kappa shape index (κ1) is 10.2. The minimum Gasteiger partial charge on any atom is -0.497 e. The Balaban J connectivity index is 1.81. The zero-order valence-corrected chi connectivity index (χ0v) is 9.78. The van der Waals surface area contributed by atoms with Crippen LogP contribution in [0.1, 0.15) is 30.7 Å². The summed E-state index contributed by atoms with van der Waals surface area (Å²) in [5.41, 5.74) is 1.47. The van der Waals surface area contributed by atoms with Crippen molar-refractivity contribution in [2.45, 2.75) is 31.2 Å². The fourth-order valence-corrected chi connectivity index (χ4v) is 3.37. The third-order valence-corrected chi connectivity index (χ3v) is 4.23. The molecule has 1 aromatic carbocycles. The van der Waals surface area contributed by atoms with Gasteiger partial charge in [0.15, 0.2) is 0 Å². The minimum absolute atomic E-state index is 0.721. The highest BCUT2D eigenvalue weighted by Gasteiger charge is 2.39. The van der Waals surface area contributed by atoms with Gasteiger partial charge < -0.3 is 10.1 Å². The number of hydrogen-bond acceptors (Lipinski definition) is 2. The normalized spacial score (nSPS) is 32.7. The Kier molecular flexibility index (Phi) is 2.60. The van der Waals surface area contributed by atoms with E-state index in [1.54, 1.807) is 7.11 Å². The van der Waals surface area contributed by atoms with Crippen LogP contribution < -0.4 is 10.1 Å². The maximum absolute atomic E-state index is 5.20. The molecular weight excluding hydrogens is 198 g/mol. The lowest BCUT2D eigenvalue weighted by Crippen LogP contribution is -2.21. The van der Waals surface area contributed by atoms with Crippen LogP contribution in [0.5, 0.6) is 5.75 Å². The summed E-state index contributed by atoms with van der Waals surface area (Å²) in [6.45, 7) is 1.15. The van der Waals surface area contributed by atoms with Gasteiger partial charge in [-0.2, -0.15) is 0 Å². The predicted octanol–water partition coefficient (Wildman–Crippen LogP) is 2.55. The smallest absolute Gasteiger partial charge is 0.118 e. The zero-order chi connectivity index (χ0) is 11.0. The van der Waals surface area contributed by atoms with Crippen LogP contribution in [-0.4, -0.2) is 19.7 Å². The van der Waals surface area contributed by atoms with E-state index in [4.69, 9.17) is 4.74 Å². The molecule has 0 bridgehead atoms. The van der Waals surface area contributed by atoms with E-state index in [9.17, 15) is 0 Å². The molecule has 0 aromatic heterocycles. The summed E-state index contributed by atoms with van der Waals surface area (Å²) in [6, 6.07) is 9.40. The summed E-state index contributed by atoms with van der Waals surface area (Å²) in [6.07, 6.45) is 4.17. The number of hydrogen-bond donors (Lipinski definition) is 1. The molecule has 1 saturated heterocycles. The van der Waals surface area contributed by atoms with Crippen molar-refractivity contribution in [2.24, 2.45) is 5.92 Å². The minimum atomic E-state index is 0.721. The number of fused-ring (bicyclic) bond motifs is 1. The summed E-state index contributed by atoms with van der Waals surface area (Å²) in [5.74, 6) is 2.55. The Morgan fingerprint density at radius 1 is 1.19 bits per heavy atom. The van der Waals surface area contributed by atoms with Gasteiger partial charge in [0.05, 0.1) is 7.11 Å². The van der Waals surface area contributed by atoms with E-state index in [-0.39, 0.29) is 0 Å². The highest BCUT2D eigenvalue weighted by molar-refractivity contribution is 5.31. The Bertz CT molecular complexity index is 360. The molecular formula is C14H19NO. The lowest BCUT2D eigenvalue weighted by Gasteiger charge is -2.17. The van der Waals surface area contributed by atoms with E-state index in [0.717, 1.165) is 30.2 Å². The summed E-state index contributed by atoms with van der Waals surface area (Å²) in [7, 11) is 1.72. The highest BCUT2D eigenvalue weighted by Crippen LogP contribution is 2.41. The molecule has 1 aliphatic heterocycles. The van der Waals surface area contributed by atoms with Crippen molar-refractivity contribution in [1.29, 1.82) is 0 Å². The van der Waals surface area contributed by atoms with E-state index in [0.29, 0.717) is 0 Å². The molecule has 0 amide bonds. The van der Waals surface area contributed by atoms with E-state index in [2.05, 4.69) is 29.6 Å². The molecule has 1 aromatic rings. The lowest BCUT2D eigenvalue weighted by atomic mass is 9.86. The predicted molar refractivity (Wildman–Crippen MR) is 64.9 cm³/mol. The van der Waals surface area contributed by atoms with E-state index in [1.165, 1.54) is 24.8 Å². The van der Waals surface area contributed by atoms with Crippen LogP contribution in [0.2, 0.25) is 0 Å². The van der Waals surface area contributed by atoms with Gasteiger partial charge >= 0.3 is 0 Å². The molecule has 0 spiro atoms. The molecule has 2 aliphatic rings. The monoisotopic (exact) mass is 217 g/mol. The molecule has 1 heterocycles. The Morgan fingerprint density at radius 2 is 2.00 bits per heavy atom. The van der Waals surface area contributed by atoms with Crippen LogP contribution in [0, 0.1) is 5.92 Å². The fraction of sp³-hybridized carbons (Fsp3) is 0.571.